The largest absolute Gasteiger partial charge is 0.469 e. The van der Waals surface area contributed by atoms with Crippen molar-refractivity contribution in [3.63, 3.8) is 0 Å². The van der Waals surface area contributed by atoms with Gasteiger partial charge in [-0.3, -0.25) is 0 Å². The van der Waals surface area contributed by atoms with Crippen LogP contribution >= 0.6 is 0 Å². The molecule has 0 amide bonds. The molecule has 0 saturated heterocycles. The highest BCUT2D eigenvalue weighted by Crippen LogP contribution is 2.21. The molecule has 1 nitrogen and oxygen atoms in total. The third kappa shape index (κ3) is 2.76. The standard InChI is InChI=1S/C13H20O/c1-5-13(10(2)3)11(4)9-12-7-6-8-14-12/h6-8,10H,5,9H2,1-4H3/b13-11-. The summed E-state index contributed by atoms with van der Waals surface area (Å²) in [7, 11) is 0. The Morgan fingerprint density at radius 2 is 2.14 bits per heavy atom. The van der Waals surface area contributed by atoms with E-state index in [1.54, 1.807) is 11.8 Å². The van der Waals surface area contributed by atoms with Gasteiger partial charge in [0.25, 0.3) is 0 Å². The van der Waals surface area contributed by atoms with E-state index in [0.717, 1.165) is 18.6 Å². The SMILES string of the molecule is CC/C(=C(\C)Cc1ccco1)C(C)C. The Morgan fingerprint density at radius 1 is 1.43 bits per heavy atom. The maximum Gasteiger partial charge on any atom is 0.107 e. The van der Waals surface area contributed by atoms with Crippen molar-refractivity contribution >= 4 is 0 Å². The molecule has 1 rings (SSSR count). The van der Waals surface area contributed by atoms with Gasteiger partial charge in [0, 0.05) is 6.42 Å². The highest BCUT2D eigenvalue weighted by Gasteiger charge is 2.06. The van der Waals surface area contributed by atoms with Crippen LogP contribution in [0.3, 0.4) is 0 Å². The zero-order valence-electron chi connectivity index (χ0n) is 9.63. The number of hydrogen-bond donors (Lipinski definition) is 0. The van der Waals surface area contributed by atoms with Crippen LogP contribution in [0, 0.1) is 5.92 Å². The Bertz CT molecular complexity index is 291. The van der Waals surface area contributed by atoms with Gasteiger partial charge in [-0.25, -0.2) is 0 Å². The van der Waals surface area contributed by atoms with E-state index in [9.17, 15) is 0 Å². The van der Waals surface area contributed by atoms with Crippen molar-refractivity contribution in [3.05, 3.63) is 35.3 Å². The van der Waals surface area contributed by atoms with E-state index in [0.29, 0.717) is 5.92 Å². The number of rotatable bonds is 4. The van der Waals surface area contributed by atoms with Crippen LogP contribution in [0.2, 0.25) is 0 Å². The predicted molar refractivity (Wildman–Crippen MR) is 60.2 cm³/mol. The molecule has 1 aromatic rings. The van der Waals surface area contributed by atoms with E-state index in [4.69, 9.17) is 4.42 Å². The Kier molecular flexibility index (Phi) is 3.99. The summed E-state index contributed by atoms with van der Waals surface area (Å²) < 4.78 is 5.34. The number of hydrogen-bond acceptors (Lipinski definition) is 1. The molecule has 0 aliphatic heterocycles. The normalized spacial score (nSPS) is 13.2. The lowest BCUT2D eigenvalue weighted by Gasteiger charge is -2.13. The maximum absolute atomic E-state index is 5.34. The molecule has 0 aliphatic carbocycles. The van der Waals surface area contributed by atoms with Crippen LogP contribution < -0.4 is 0 Å². The van der Waals surface area contributed by atoms with Crippen molar-refractivity contribution in [3.8, 4) is 0 Å². The van der Waals surface area contributed by atoms with Gasteiger partial charge in [0.05, 0.1) is 6.26 Å². The van der Waals surface area contributed by atoms with Crippen molar-refractivity contribution in [2.45, 2.75) is 40.5 Å². The number of furan rings is 1. The van der Waals surface area contributed by atoms with Gasteiger partial charge in [0.2, 0.25) is 0 Å². The topological polar surface area (TPSA) is 13.1 Å². The van der Waals surface area contributed by atoms with E-state index in [1.807, 2.05) is 12.1 Å². The average Bonchev–Trinajstić information content (AvgIpc) is 2.57. The molecule has 0 spiro atoms. The first-order valence-electron chi connectivity index (χ1n) is 5.36. The second-order valence-electron chi connectivity index (χ2n) is 4.07. The summed E-state index contributed by atoms with van der Waals surface area (Å²) in [4.78, 5) is 0. The fourth-order valence-corrected chi connectivity index (χ4v) is 1.99. The second-order valence-corrected chi connectivity index (χ2v) is 4.07. The lowest BCUT2D eigenvalue weighted by Crippen LogP contribution is -1.98. The second kappa shape index (κ2) is 5.04. The molecule has 0 aromatic carbocycles. The van der Waals surface area contributed by atoms with Crippen molar-refractivity contribution in [2.24, 2.45) is 5.92 Å². The smallest absolute Gasteiger partial charge is 0.107 e. The summed E-state index contributed by atoms with van der Waals surface area (Å²) in [6.45, 7) is 8.94. The summed E-state index contributed by atoms with van der Waals surface area (Å²) in [6, 6.07) is 3.99. The highest BCUT2D eigenvalue weighted by atomic mass is 16.3. The van der Waals surface area contributed by atoms with Crippen LogP contribution in [0.1, 0.15) is 39.9 Å². The fraction of sp³-hybridized carbons (Fsp3) is 0.538. The first kappa shape index (κ1) is 11.1. The molecule has 14 heavy (non-hydrogen) atoms. The van der Waals surface area contributed by atoms with Crippen LogP contribution in [0.5, 0.6) is 0 Å². The molecule has 0 aliphatic rings. The molecular weight excluding hydrogens is 172 g/mol. The van der Waals surface area contributed by atoms with Crippen LogP contribution in [-0.2, 0) is 6.42 Å². The highest BCUT2D eigenvalue weighted by molar-refractivity contribution is 5.19. The Morgan fingerprint density at radius 3 is 2.57 bits per heavy atom. The van der Waals surface area contributed by atoms with Gasteiger partial charge in [0.15, 0.2) is 0 Å². The first-order chi connectivity index (χ1) is 6.65. The molecule has 0 fully saturated rings. The van der Waals surface area contributed by atoms with Crippen LogP contribution in [0.15, 0.2) is 34.0 Å². The van der Waals surface area contributed by atoms with Gasteiger partial charge in [-0.15, -0.1) is 0 Å². The summed E-state index contributed by atoms with van der Waals surface area (Å²) in [6.07, 6.45) is 3.84. The van der Waals surface area contributed by atoms with E-state index in [2.05, 4.69) is 27.7 Å². The molecule has 1 heterocycles. The lowest BCUT2D eigenvalue weighted by molar-refractivity contribution is 0.517. The minimum atomic E-state index is 0.648. The molecule has 0 radical (unpaired) electrons. The minimum absolute atomic E-state index is 0.648. The quantitative estimate of drug-likeness (QED) is 0.651. The van der Waals surface area contributed by atoms with E-state index < -0.39 is 0 Å². The van der Waals surface area contributed by atoms with Crippen molar-refractivity contribution in [1.29, 1.82) is 0 Å². The zero-order chi connectivity index (χ0) is 10.6. The summed E-state index contributed by atoms with van der Waals surface area (Å²) in [5.74, 6) is 1.71. The molecule has 1 aromatic heterocycles. The van der Waals surface area contributed by atoms with Crippen LogP contribution in [0.25, 0.3) is 0 Å². The zero-order valence-corrected chi connectivity index (χ0v) is 9.63. The average molecular weight is 192 g/mol. The summed E-state index contributed by atoms with van der Waals surface area (Å²) >= 11 is 0. The maximum atomic E-state index is 5.34. The summed E-state index contributed by atoms with van der Waals surface area (Å²) in [5, 5.41) is 0. The van der Waals surface area contributed by atoms with Crippen LogP contribution in [0.4, 0.5) is 0 Å². The molecule has 1 heteroatoms. The first-order valence-corrected chi connectivity index (χ1v) is 5.36. The Labute approximate surface area is 86.8 Å². The van der Waals surface area contributed by atoms with Crippen molar-refractivity contribution < 1.29 is 4.42 Å². The fourth-order valence-electron chi connectivity index (χ4n) is 1.99. The third-order valence-corrected chi connectivity index (χ3v) is 2.65. The molecule has 0 N–H and O–H groups in total. The molecule has 0 bridgehead atoms. The van der Waals surface area contributed by atoms with Crippen LogP contribution in [-0.4, -0.2) is 0 Å². The van der Waals surface area contributed by atoms with E-state index >= 15 is 0 Å². The Balaban J connectivity index is 2.76. The molecule has 0 unspecified atom stereocenters. The van der Waals surface area contributed by atoms with Gasteiger partial charge >= 0.3 is 0 Å². The van der Waals surface area contributed by atoms with Gasteiger partial charge in [-0.05, 0) is 31.4 Å². The Hall–Kier alpha value is -0.980. The molecule has 78 valence electrons. The van der Waals surface area contributed by atoms with Gasteiger partial charge < -0.3 is 4.42 Å². The van der Waals surface area contributed by atoms with Gasteiger partial charge in [0.1, 0.15) is 5.76 Å². The predicted octanol–water partition coefficient (Wildman–Crippen LogP) is 4.20. The summed E-state index contributed by atoms with van der Waals surface area (Å²) in [5.41, 5.74) is 3.01. The molecule has 0 atom stereocenters. The van der Waals surface area contributed by atoms with Crippen molar-refractivity contribution in [2.75, 3.05) is 0 Å². The molecular formula is C13H20O. The third-order valence-electron chi connectivity index (χ3n) is 2.65. The molecule has 0 saturated carbocycles. The van der Waals surface area contributed by atoms with Gasteiger partial charge in [-0.2, -0.15) is 0 Å². The van der Waals surface area contributed by atoms with E-state index in [1.165, 1.54) is 5.57 Å². The van der Waals surface area contributed by atoms with Crippen molar-refractivity contribution in [1.82, 2.24) is 0 Å². The van der Waals surface area contributed by atoms with Gasteiger partial charge in [-0.1, -0.05) is 31.9 Å². The van der Waals surface area contributed by atoms with E-state index in [-0.39, 0.29) is 0 Å². The number of allylic oxidation sites excluding steroid dienone is 2. The minimum Gasteiger partial charge on any atom is -0.469 e. The lowest BCUT2D eigenvalue weighted by atomic mass is 9.94. The monoisotopic (exact) mass is 192 g/mol.